The molecule has 5 heteroatoms. The number of rotatable bonds is 4. The normalized spacial score (nSPS) is 29.9. The molecule has 3 atom stereocenters. The quantitative estimate of drug-likeness (QED) is 0.614. The van der Waals surface area contributed by atoms with E-state index in [-0.39, 0.29) is 25.9 Å². The molecule has 0 unspecified atom stereocenters. The molecule has 0 saturated carbocycles. The molecule has 1 aromatic carbocycles. The van der Waals surface area contributed by atoms with Gasteiger partial charge in [-0.15, -0.1) is 0 Å². The molecule has 1 aromatic rings. The average Bonchev–Trinajstić information content (AvgIpc) is 2.49. The Labute approximate surface area is 125 Å². The van der Waals surface area contributed by atoms with Crippen molar-refractivity contribution < 1.29 is 19.0 Å². The third kappa shape index (κ3) is 3.07. The van der Waals surface area contributed by atoms with Crippen LogP contribution in [-0.4, -0.2) is 47.0 Å². The summed E-state index contributed by atoms with van der Waals surface area (Å²) in [6.07, 6.45) is 1.83. The minimum atomic E-state index is -1.26. The van der Waals surface area contributed by atoms with Gasteiger partial charge < -0.3 is 0 Å². The van der Waals surface area contributed by atoms with Gasteiger partial charge in [-0.1, -0.05) is 0 Å². The number of methoxy groups -OCH3 is 2. The Balaban J connectivity index is 2.25. The molecule has 1 aliphatic rings. The van der Waals surface area contributed by atoms with Gasteiger partial charge in [0.2, 0.25) is 0 Å². The number of ether oxygens (including phenoxy) is 3. The van der Waals surface area contributed by atoms with E-state index in [1.165, 1.54) is 18.7 Å². The predicted octanol–water partition coefficient (Wildman–Crippen LogP) is 1.52. The number of esters is 1. The van der Waals surface area contributed by atoms with Gasteiger partial charge in [0.05, 0.1) is 0 Å². The maximum absolute atomic E-state index is 12.2. The fourth-order valence-corrected chi connectivity index (χ4v) is 5.12. The second-order valence-corrected chi connectivity index (χ2v) is 7.47. The minimum absolute atomic E-state index is 0.00290. The van der Waals surface area contributed by atoms with E-state index in [2.05, 4.69) is 12.1 Å². The van der Waals surface area contributed by atoms with Crippen molar-refractivity contribution in [3.8, 4) is 0 Å². The molecule has 0 bridgehead atoms. The topological polar surface area (TPSA) is 44.8 Å². The first-order chi connectivity index (χ1) is 9.62. The molecule has 1 heterocycles. The van der Waals surface area contributed by atoms with Crippen LogP contribution in [0.4, 0.5) is 0 Å². The Morgan fingerprint density at radius 1 is 1.30 bits per heavy atom. The van der Waals surface area contributed by atoms with Crippen molar-refractivity contribution in [3.05, 3.63) is 30.3 Å². The van der Waals surface area contributed by atoms with E-state index in [1.54, 1.807) is 0 Å². The van der Waals surface area contributed by atoms with Gasteiger partial charge in [0.15, 0.2) is 0 Å². The fourth-order valence-electron chi connectivity index (χ4n) is 2.39. The van der Waals surface area contributed by atoms with Gasteiger partial charge in [0.25, 0.3) is 0 Å². The fraction of sp³-hybridized carbons (Fsp3) is 0.533. The summed E-state index contributed by atoms with van der Waals surface area (Å²) in [6, 6.07) is 10.2. The first-order valence-corrected chi connectivity index (χ1v) is 8.50. The van der Waals surface area contributed by atoms with E-state index >= 15 is 0 Å². The maximum atomic E-state index is 12.2. The zero-order valence-electron chi connectivity index (χ0n) is 12.0. The monoisotopic (exact) mass is 344 g/mol. The van der Waals surface area contributed by atoms with Gasteiger partial charge in [-0.2, -0.15) is 0 Å². The second kappa shape index (κ2) is 6.72. The summed E-state index contributed by atoms with van der Waals surface area (Å²) in [5.41, 5.74) is 0. The first kappa shape index (κ1) is 15.5. The summed E-state index contributed by atoms with van der Waals surface area (Å²) >= 11 is 0.0889. The molecule has 1 saturated heterocycles. The molecule has 0 aliphatic carbocycles. The van der Waals surface area contributed by atoms with Gasteiger partial charge in [-0.05, 0) is 0 Å². The van der Waals surface area contributed by atoms with Crippen molar-refractivity contribution in [1.29, 1.82) is 0 Å². The summed E-state index contributed by atoms with van der Waals surface area (Å²) in [4.78, 5) is 12.2. The summed E-state index contributed by atoms with van der Waals surface area (Å²) in [6.45, 7) is 1.96. The molecular weight excluding hydrogens is 323 g/mol. The van der Waals surface area contributed by atoms with E-state index in [1.807, 2.05) is 25.1 Å². The van der Waals surface area contributed by atoms with Crippen LogP contribution in [0.2, 0.25) is 4.82 Å². The average molecular weight is 343 g/mol. The summed E-state index contributed by atoms with van der Waals surface area (Å²) in [7, 11) is 2.89. The Bertz CT molecular complexity index is 450. The number of hydrogen-bond donors (Lipinski definition) is 0. The van der Waals surface area contributed by atoms with E-state index in [4.69, 9.17) is 14.2 Å². The van der Waals surface area contributed by atoms with E-state index in [0.29, 0.717) is 0 Å². The van der Waals surface area contributed by atoms with Crippen molar-refractivity contribution in [3.63, 3.8) is 0 Å². The zero-order chi connectivity index (χ0) is 14.6. The molecule has 1 aliphatic heterocycles. The standard InChI is InChI=1S/C15H20O4Se/c1-11-9-10-13(20-12-7-5-4-6-8-12)15(18-3,19-11)14(16)17-2/h4-8,11,13H,9-10H2,1-3H3/t11-,13+,15+/m0/s1. The van der Waals surface area contributed by atoms with Crippen LogP contribution < -0.4 is 4.46 Å². The zero-order valence-corrected chi connectivity index (χ0v) is 13.7. The third-order valence-electron chi connectivity index (χ3n) is 3.43. The molecule has 0 radical (unpaired) electrons. The van der Waals surface area contributed by atoms with Crippen molar-refractivity contribution in [2.45, 2.75) is 36.5 Å². The van der Waals surface area contributed by atoms with Gasteiger partial charge in [0, 0.05) is 0 Å². The van der Waals surface area contributed by atoms with E-state index in [9.17, 15) is 4.79 Å². The van der Waals surface area contributed by atoms with Gasteiger partial charge >= 0.3 is 125 Å². The van der Waals surface area contributed by atoms with Crippen molar-refractivity contribution in [2.24, 2.45) is 0 Å². The van der Waals surface area contributed by atoms with Crippen LogP contribution >= 0.6 is 0 Å². The molecule has 2 rings (SSSR count). The Morgan fingerprint density at radius 2 is 2.00 bits per heavy atom. The molecule has 1 fully saturated rings. The molecule has 0 N–H and O–H groups in total. The Kier molecular flexibility index (Phi) is 5.22. The number of carbonyl (C=O) groups excluding carboxylic acids is 1. The van der Waals surface area contributed by atoms with E-state index < -0.39 is 11.8 Å². The van der Waals surface area contributed by atoms with Crippen LogP contribution in [0.3, 0.4) is 0 Å². The van der Waals surface area contributed by atoms with Gasteiger partial charge in [-0.3, -0.25) is 0 Å². The van der Waals surface area contributed by atoms with Gasteiger partial charge in [0.1, 0.15) is 0 Å². The molecule has 0 aromatic heterocycles. The molecule has 0 amide bonds. The molecule has 0 spiro atoms. The number of hydrogen-bond acceptors (Lipinski definition) is 4. The second-order valence-electron chi connectivity index (χ2n) is 4.79. The van der Waals surface area contributed by atoms with Gasteiger partial charge in [-0.25, -0.2) is 0 Å². The summed E-state index contributed by atoms with van der Waals surface area (Å²) in [5, 5.41) is 0. The molecule has 4 nitrogen and oxygen atoms in total. The van der Waals surface area contributed by atoms with Crippen LogP contribution in [0.5, 0.6) is 0 Å². The van der Waals surface area contributed by atoms with Crippen LogP contribution in [0.15, 0.2) is 30.3 Å². The number of carbonyl (C=O) groups is 1. The Hall–Kier alpha value is -0.871. The summed E-state index contributed by atoms with van der Waals surface area (Å²) in [5.74, 6) is -1.70. The predicted molar refractivity (Wildman–Crippen MR) is 77.1 cm³/mol. The van der Waals surface area contributed by atoms with Crippen LogP contribution in [0.25, 0.3) is 0 Å². The first-order valence-electron chi connectivity index (χ1n) is 6.65. The molecule has 20 heavy (non-hydrogen) atoms. The SMILES string of the molecule is COC(=O)[C@]1(OC)O[C@@H](C)CC[C@H]1[Se]c1ccccc1. The molecular formula is C15H20O4Se. The Morgan fingerprint density at radius 3 is 2.60 bits per heavy atom. The van der Waals surface area contributed by atoms with Crippen LogP contribution in [0.1, 0.15) is 19.8 Å². The van der Waals surface area contributed by atoms with E-state index in [0.717, 1.165) is 12.8 Å². The van der Waals surface area contributed by atoms with Crippen molar-refractivity contribution >= 4 is 25.4 Å². The van der Waals surface area contributed by atoms with Crippen molar-refractivity contribution in [2.75, 3.05) is 14.2 Å². The molecule has 110 valence electrons. The number of benzene rings is 1. The van der Waals surface area contributed by atoms with Crippen LogP contribution in [-0.2, 0) is 19.0 Å². The van der Waals surface area contributed by atoms with Crippen molar-refractivity contribution in [1.82, 2.24) is 0 Å². The van der Waals surface area contributed by atoms with Crippen LogP contribution in [0, 0.1) is 0 Å². The summed E-state index contributed by atoms with van der Waals surface area (Å²) < 4.78 is 17.5. The third-order valence-corrected chi connectivity index (χ3v) is 6.31.